The molecule has 4 rings (SSSR count). The Morgan fingerprint density at radius 2 is 1.97 bits per heavy atom. The normalized spacial score (nSPS) is 18.5. The number of nitrogens with zero attached hydrogens (tertiary/aromatic N) is 3. The highest BCUT2D eigenvalue weighted by atomic mass is 32.1. The SMILES string of the molecule is CCOc1ccc(-n2cccc2[C@@H]2[C@H](c3ccccn3)NC(=S)N2CCCO)cc1. The summed E-state index contributed by atoms with van der Waals surface area (Å²) in [5, 5.41) is 13.5. The Bertz CT molecular complexity index is 974. The van der Waals surface area contributed by atoms with E-state index < -0.39 is 0 Å². The van der Waals surface area contributed by atoms with Gasteiger partial charge in [0, 0.05) is 36.9 Å². The van der Waals surface area contributed by atoms with Crippen LogP contribution in [0.1, 0.15) is 36.8 Å². The monoisotopic (exact) mass is 422 g/mol. The van der Waals surface area contributed by atoms with Gasteiger partial charge >= 0.3 is 0 Å². The summed E-state index contributed by atoms with van der Waals surface area (Å²) in [4.78, 5) is 6.74. The lowest BCUT2D eigenvalue weighted by Crippen LogP contribution is -2.31. The van der Waals surface area contributed by atoms with Gasteiger partial charge in [0.15, 0.2) is 5.11 Å². The Kier molecular flexibility index (Phi) is 6.30. The summed E-state index contributed by atoms with van der Waals surface area (Å²) in [5.74, 6) is 0.856. The van der Waals surface area contributed by atoms with Gasteiger partial charge in [-0.05, 0) is 74.1 Å². The van der Waals surface area contributed by atoms with Crippen LogP contribution in [0.5, 0.6) is 5.75 Å². The van der Waals surface area contributed by atoms with Crippen molar-refractivity contribution in [2.45, 2.75) is 25.4 Å². The second-order valence-corrected chi connectivity index (χ2v) is 7.51. The maximum Gasteiger partial charge on any atom is 0.170 e. The molecule has 30 heavy (non-hydrogen) atoms. The van der Waals surface area contributed by atoms with E-state index in [1.165, 1.54) is 0 Å². The van der Waals surface area contributed by atoms with E-state index in [2.05, 4.69) is 44.2 Å². The molecule has 0 saturated carbocycles. The van der Waals surface area contributed by atoms with Gasteiger partial charge in [-0.25, -0.2) is 0 Å². The van der Waals surface area contributed by atoms with Gasteiger partial charge in [0.1, 0.15) is 5.75 Å². The van der Waals surface area contributed by atoms with Crippen molar-refractivity contribution in [2.75, 3.05) is 19.8 Å². The van der Waals surface area contributed by atoms with Crippen molar-refractivity contribution < 1.29 is 9.84 Å². The molecular formula is C23H26N4O2S. The van der Waals surface area contributed by atoms with E-state index in [0.29, 0.717) is 24.7 Å². The van der Waals surface area contributed by atoms with Crippen LogP contribution in [0.15, 0.2) is 67.0 Å². The summed E-state index contributed by atoms with van der Waals surface area (Å²) in [6.45, 7) is 3.42. The molecule has 0 bridgehead atoms. The van der Waals surface area contributed by atoms with Gasteiger partial charge in [0.2, 0.25) is 0 Å². The lowest BCUT2D eigenvalue weighted by atomic mass is 10.0. The molecule has 0 amide bonds. The molecular weight excluding hydrogens is 396 g/mol. The summed E-state index contributed by atoms with van der Waals surface area (Å²) in [5.41, 5.74) is 3.11. The second kappa shape index (κ2) is 9.28. The fraction of sp³-hybridized carbons (Fsp3) is 0.304. The summed E-state index contributed by atoms with van der Waals surface area (Å²) >= 11 is 5.67. The Hall–Kier alpha value is -2.90. The van der Waals surface area contributed by atoms with Gasteiger partial charge in [-0.3, -0.25) is 4.98 Å². The molecule has 7 heteroatoms. The average molecular weight is 423 g/mol. The van der Waals surface area contributed by atoms with Crippen molar-refractivity contribution in [1.82, 2.24) is 19.8 Å². The van der Waals surface area contributed by atoms with Gasteiger partial charge in [-0.2, -0.15) is 0 Å². The van der Waals surface area contributed by atoms with E-state index in [1.54, 1.807) is 6.20 Å². The highest BCUT2D eigenvalue weighted by Gasteiger charge is 2.40. The number of thiocarbonyl (C=S) groups is 1. The van der Waals surface area contributed by atoms with Crippen LogP contribution in [0.3, 0.4) is 0 Å². The number of pyridine rings is 1. The maximum absolute atomic E-state index is 9.40. The minimum atomic E-state index is -0.0752. The summed E-state index contributed by atoms with van der Waals surface area (Å²) in [6.07, 6.45) is 4.52. The number of ether oxygens (including phenoxy) is 1. The summed E-state index contributed by atoms with van der Waals surface area (Å²) in [6, 6.07) is 18.1. The number of hydrogen-bond donors (Lipinski definition) is 2. The first-order valence-corrected chi connectivity index (χ1v) is 10.6. The molecule has 3 heterocycles. The highest BCUT2D eigenvalue weighted by molar-refractivity contribution is 7.80. The number of aliphatic hydroxyl groups is 1. The van der Waals surface area contributed by atoms with E-state index >= 15 is 0 Å². The molecule has 156 valence electrons. The lowest BCUT2D eigenvalue weighted by Gasteiger charge is -2.28. The Labute approximate surface area is 182 Å². The standard InChI is InChI=1S/C23H26N4O2S/c1-2-29-18-11-9-17(10-12-18)26-14-5-8-20(26)22-21(19-7-3-4-13-24-19)25-23(30)27(22)15-6-16-28/h3-5,7-14,21-22,28H,2,6,15-16H2,1H3,(H,25,30)/t21-,22+/m0/s1. The molecule has 1 aromatic carbocycles. The lowest BCUT2D eigenvalue weighted by molar-refractivity contribution is 0.245. The Balaban J connectivity index is 1.73. The first-order valence-electron chi connectivity index (χ1n) is 10.2. The fourth-order valence-corrected chi connectivity index (χ4v) is 4.28. The molecule has 1 saturated heterocycles. The van der Waals surface area contributed by atoms with Crippen molar-refractivity contribution in [1.29, 1.82) is 0 Å². The predicted octanol–water partition coefficient (Wildman–Crippen LogP) is 3.63. The third kappa shape index (κ3) is 4.04. The predicted molar refractivity (Wildman–Crippen MR) is 121 cm³/mol. The van der Waals surface area contributed by atoms with Gasteiger partial charge in [-0.1, -0.05) is 6.07 Å². The van der Waals surface area contributed by atoms with E-state index in [1.807, 2.05) is 43.3 Å². The van der Waals surface area contributed by atoms with Crippen LogP contribution >= 0.6 is 12.2 Å². The quantitative estimate of drug-likeness (QED) is 0.541. The van der Waals surface area contributed by atoms with Gasteiger partial charge in [0.25, 0.3) is 0 Å². The Morgan fingerprint density at radius 1 is 1.13 bits per heavy atom. The molecule has 0 spiro atoms. The molecule has 1 aliphatic heterocycles. The van der Waals surface area contributed by atoms with Crippen LogP contribution in [0.2, 0.25) is 0 Å². The maximum atomic E-state index is 9.40. The second-order valence-electron chi connectivity index (χ2n) is 7.13. The molecule has 6 nitrogen and oxygen atoms in total. The number of rotatable bonds is 8. The number of hydrogen-bond acceptors (Lipinski definition) is 4. The third-order valence-corrected chi connectivity index (χ3v) is 5.62. The molecule has 1 aliphatic rings. The van der Waals surface area contributed by atoms with Crippen molar-refractivity contribution in [2.24, 2.45) is 0 Å². The summed E-state index contributed by atoms with van der Waals surface area (Å²) in [7, 11) is 0. The zero-order chi connectivity index (χ0) is 20.9. The van der Waals surface area contributed by atoms with E-state index in [0.717, 1.165) is 22.8 Å². The van der Waals surface area contributed by atoms with Gasteiger partial charge in [0.05, 0.1) is 24.4 Å². The van der Waals surface area contributed by atoms with Crippen molar-refractivity contribution >= 4 is 17.3 Å². The van der Waals surface area contributed by atoms with Crippen LogP contribution in [-0.4, -0.2) is 44.4 Å². The number of nitrogens with one attached hydrogen (secondary N) is 1. The van der Waals surface area contributed by atoms with Gasteiger partial charge < -0.3 is 24.6 Å². The van der Waals surface area contributed by atoms with E-state index in [4.69, 9.17) is 17.0 Å². The van der Waals surface area contributed by atoms with Gasteiger partial charge in [-0.15, -0.1) is 0 Å². The number of aromatic nitrogens is 2. The molecule has 1 fully saturated rings. The average Bonchev–Trinajstić information content (AvgIpc) is 3.38. The fourth-order valence-electron chi connectivity index (χ4n) is 3.95. The smallest absolute Gasteiger partial charge is 0.170 e. The first kappa shape index (κ1) is 20.4. The van der Waals surface area contributed by atoms with Crippen molar-refractivity contribution in [3.63, 3.8) is 0 Å². The molecule has 0 aliphatic carbocycles. The highest BCUT2D eigenvalue weighted by Crippen LogP contribution is 2.39. The largest absolute Gasteiger partial charge is 0.494 e. The van der Waals surface area contributed by atoms with E-state index in [-0.39, 0.29) is 18.7 Å². The summed E-state index contributed by atoms with van der Waals surface area (Å²) < 4.78 is 7.76. The zero-order valence-electron chi connectivity index (χ0n) is 16.9. The minimum absolute atomic E-state index is 0.0412. The first-order chi connectivity index (χ1) is 14.7. The molecule has 2 N–H and O–H groups in total. The number of benzene rings is 1. The third-order valence-electron chi connectivity index (χ3n) is 5.26. The molecule has 3 aromatic rings. The number of aliphatic hydroxyl groups excluding tert-OH is 1. The van der Waals surface area contributed by atoms with Crippen molar-refractivity contribution in [3.8, 4) is 11.4 Å². The minimum Gasteiger partial charge on any atom is -0.494 e. The van der Waals surface area contributed by atoms with E-state index in [9.17, 15) is 5.11 Å². The molecule has 0 unspecified atom stereocenters. The van der Waals surface area contributed by atoms with Crippen LogP contribution in [0, 0.1) is 0 Å². The topological polar surface area (TPSA) is 62.5 Å². The molecule has 2 aromatic heterocycles. The van der Waals surface area contributed by atoms with Crippen LogP contribution in [0.25, 0.3) is 5.69 Å². The Morgan fingerprint density at radius 3 is 2.67 bits per heavy atom. The van der Waals surface area contributed by atoms with Crippen LogP contribution < -0.4 is 10.1 Å². The van der Waals surface area contributed by atoms with Crippen molar-refractivity contribution in [3.05, 3.63) is 78.4 Å². The molecule has 0 radical (unpaired) electrons. The zero-order valence-corrected chi connectivity index (χ0v) is 17.8. The van der Waals surface area contributed by atoms with Crippen LogP contribution in [0.4, 0.5) is 0 Å². The van der Waals surface area contributed by atoms with Crippen LogP contribution in [-0.2, 0) is 0 Å². The molecule has 2 atom stereocenters.